The van der Waals surface area contributed by atoms with Crippen LogP contribution < -0.4 is 5.32 Å². The summed E-state index contributed by atoms with van der Waals surface area (Å²) in [5, 5.41) is 11.6. The van der Waals surface area contributed by atoms with E-state index >= 15 is 0 Å². The van der Waals surface area contributed by atoms with Crippen LogP contribution in [0.15, 0.2) is 22.8 Å². The minimum Gasteiger partial charge on any atom is -0.481 e. The van der Waals surface area contributed by atoms with Gasteiger partial charge in [0.05, 0.1) is 12.7 Å². The highest BCUT2D eigenvalue weighted by atomic mass is 16.4. The fourth-order valence-corrected chi connectivity index (χ4v) is 1.43. The molecule has 2 unspecified atom stereocenters. The van der Waals surface area contributed by atoms with Crippen molar-refractivity contribution in [3.8, 4) is 0 Å². The number of carboxylic acids is 1. The van der Waals surface area contributed by atoms with Crippen molar-refractivity contribution in [1.82, 2.24) is 5.32 Å². The number of nitrogens with one attached hydrogen (secondary N) is 1. The average Bonchev–Trinajstić information content (AvgIpc) is 2.78. The lowest BCUT2D eigenvalue weighted by Gasteiger charge is -2.16. The van der Waals surface area contributed by atoms with E-state index < -0.39 is 11.9 Å². The van der Waals surface area contributed by atoms with Gasteiger partial charge in [-0.25, -0.2) is 0 Å². The van der Waals surface area contributed by atoms with E-state index in [0.29, 0.717) is 5.76 Å². The molecule has 0 fully saturated rings. The third kappa shape index (κ3) is 3.94. The molecule has 1 heterocycles. The molecule has 94 valence electrons. The van der Waals surface area contributed by atoms with Gasteiger partial charge in [-0.3, -0.25) is 9.59 Å². The van der Waals surface area contributed by atoms with Crippen molar-refractivity contribution >= 4 is 11.9 Å². The van der Waals surface area contributed by atoms with Crippen LogP contribution in [0.3, 0.4) is 0 Å². The summed E-state index contributed by atoms with van der Waals surface area (Å²) in [6.45, 7) is 3.82. The normalized spacial score (nSPS) is 14.0. The second-order valence-electron chi connectivity index (χ2n) is 3.98. The summed E-state index contributed by atoms with van der Waals surface area (Å²) in [5.74, 6) is -1.72. The fourth-order valence-electron chi connectivity index (χ4n) is 1.43. The highest BCUT2D eigenvalue weighted by molar-refractivity contribution is 5.87. The summed E-state index contributed by atoms with van der Waals surface area (Å²) in [7, 11) is 0. The SMILES string of the molecule is CCC(C)NC(=O)C(CC(=O)O)c1ccco1. The number of amides is 1. The van der Waals surface area contributed by atoms with Crippen LogP contribution >= 0.6 is 0 Å². The summed E-state index contributed by atoms with van der Waals surface area (Å²) >= 11 is 0. The van der Waals surface area contributed by atoms with Crippen LogP contribution in [0.5, 0.6) is 0 Å². The zero-order chi connectivity index (χ0) is 12.8. The van der Waals surface area contributed by atoms with Crippen LogP contribution in [0.4, 0.5) is 0 Å². The molecule has 2 atom stereocenters. The van der Waals surface area contributed by atoms with Gasteiger partial charge in [0.25, 0.3) is 0 Å². The molecule has 2 N–H and O–H groups in total. The molecule has 0 radical (unpaired) electrons. The molecule has 1 rings (SSSR count). The van der Waals surface area contributed by atoms with Crippen LogP contribution in [0.2, 0.25) is 0 Å². The van der Waals surface area contributed by atoms with Gasteiger partial charge in [-0.2, -0.15) is 0 Å². The number of carbonyl (C=O) groups is 2. The number of furan rings is 1. The molecule has 5 heteroatoms. The van der Waals surface area contributed by atoms with Gasteiger partial charge < -0.3 is 14.8 Å². The summed E-state index contributed by atoms with van der Waals surface area (Å²) in [6, 6.07) is 3.28. The van der Waals surface area contributed by atoms with E-state index in [2.05, 4.69) is 5.32 Å². The molecule has 1 amide bonds. The van der Waals surface area contributed by atoms with Crippen molar-refractivity contribution in [3.63, 3.8) is 0 Å². The molecule has 0 aliphatic carbocycles. The lowest BCUT2D eigenvalue weighted by molar-refractivity contribution is -0.140. The zero-order valence-electron chi connectivity index (χ0n) is 9.97. The van der Waals surface area contributed by atoms with E-state index in [1.54, 1.807) is 12.1 Å². The van der Waals surface area contributed by atoms with Crippen molar-refractivity contribution in [2.45, 2.75) is 38.6 Å². The third-order valence-electron chi connectivity index (χ3n) is 2.58. The summed E-state index contributed by atoms with van der Waals surface area (Å²) in [6.07, 6.45) is 1.96. The smallest absolute Gasteiger partial charge is 0.304 e. The highest BCUT2D eigenvalue weighted by Crippen LogP contribution is 2.20. The van der Waals surface area contributed by atoms with E-state index in [-0.39, 0.29) is 18.4 Å². The van der Waals surface area contributed by atoms with E-state index in [0.717, 1.165) is 6.42 Å². The maximum atomic E-state index is 11.9. The topological polar surface area (TPSA) is 79.5 Å². The van der Waals surface area contributed by atoms with Gasteiger partial charge >= 0.3 is 5.97 Å². The number of carboxylic acid groups (broad SMARTS) is 1. The van der Waals surface area contributed by atoms with Crippen molar-refractivity contribution < 1.29 is 19.1 Å². The van der Waals surface area contributed by atoms with E-state index in [4.69, 9.17) is 9.52 Å². The van der Waals surface area contributed by atoms with Gasteiger partial charge in [0.15, 0.2) is 0 Å². The van der Waals surface area contributed by atoms with Crippen molar-refractivity contribution in [1.29, 1.82) is 0 Å². The Hall–Kier alpha value is -1.78. The van der Waals surface area contributed by atoms with Crippen LogP contribution in [-0.2, 0) is 9.59 Å². The predicted molar refractivity (Wildman–Crippen MR) is 61.6 cm³/mol. The fraction of sp³-hybridized carbons (Fsp3) is 0.500. The monoisotopic (exact) mass is 239 g/mol. The molecule has 0 saturated carbocycles. The molecule has 1 aromatic heterocycles. The first-order valence-electron chi connectivity index (χ1n) is 5.60. The number of aliphatic carboxylic acids is 1. The Bertz CT molecular complexity index is 372. The molecule has 1 aromatic rings. The number of hydrogen-bond donors (Lipinski definition) is 2. The van der Waals surface area contributed by atoms with Crippen molar-refractivity contribution in [2.24, 2.45) is 0 Å². The molecule has 0 aliphatic rings. The Labute approximate surface area is 99.8 Å². The van der Waals surface area contributed by atoms with Gasteiger partial charge in [0.1, 0.15) is 11.7 Å². The Balaban J connectivity index is 2.76. The minimum absolute atomic E-state index is 0.0220. The molecule has 0 aromatic carbocycles. The lowest BCUT2D eigenvalue weighted by atomic mass is 10.0. The second-order valence-corrected chi connectivity index (χ2v) is 3.98. The summed E-state index contributed by atoms with van der Waals surface area (Å²) in [4.78, 5) is 22.7. The van der Waals surface area contributed by atoms with Crippen LogP contribution in [0.1, 0.15) is 38.4 Å². The highest BCUT2D eigenvalue weighted by Gasteiger charge is 2.26. The molecule has 5 nitrogen and oxygen atoms in total. The Morgan fingerprint density at radius 3 is 2.71 bits per heavy atom. The standard InChI is InChI=1S/C12H17NO4/c1-3-8(2)13-12(16)9(7-11(14)15)10-5-4-6-17-10/h4-6,8-9H,3,7H2,1-2H3,(H,13,16)(H,14,15). The Morgan fingerprint density at radius 2 is 2.24 bits per heavy atom. The molecule has 0 spiro atoms. The molecular formula is C12H17NO4. The first kappa shape index (κ1) is 13.3. The largest absolute Gasteiger partial charge is 0.481 e. The Morgan fingerprint density at radius 1 is 1.53 bits per heavy atom. The maximum Gasteiger partial charge on any atom is 0.304 e. The first-order valence-corrected chi connectivity index (χ1v) is 5.60. The number of carbonyl (C=O) groups excluding carboxylic acids is 1. The molecular weight excluding hydrogens is 222 g/mol. The van der Waals surface area contributed by atoms with Crippen LogP contribution in [0, 0.1) is 0 Å². The van der Waals surface area contributed by atoms with Gasteiger partial charge in [0, 0.05) is 6.04 Å². The average molecular weight is 239 g/mol. The van der Waals surface area contributed by atoms with Crippen molar-refractivity contribution in [2.75, 3.05) is 0 Å². The van der Waals surface area contributed by atoms with Gasteiger partial charge in [0.2, 0.25) is 5.91 Å². The van der Waals surface area contributed by atoms with Gasteiger partial charge in [-0.05, 0) is 25.5 Å². The van der Waals surface area contributed by atoms with Crippen molar-refractivity contribution in [3.05, 3.63) is 24.2 Å². The Kier molecular flexibility index (Phi) is 4.75. The number of hydrogen-bond acceptors (Lipinski definition) is 3. The first-order chi connectivity index (χ1) is 8.04. The van der Waals surface area contributed by atoms with Crippen LogP contribution in [0.25, 0.3) is 0 Å². The van der Waals surface area contributed by atoms with Gasteiger partial charge in [-0.15, -0.1) is 0 Å². The third-order valence-corrected chi connectivity index (χ3v) is 2.58. The maximum absolute atomic E-state index is 11.9. The number of rotatable bonds is 6. The second kappa shape index (κ2) is 6.08. The van der Waals surface area contributed by atoms with E-state index in [1.165, 1.54) is 6.26 Å². The zero-order valence-corrected chi connectivity index (χ0v) is 9.97. The van der Waals surface area contributed by atoms with E-state index in [9.17, 15) is 9.59 Å². The quantitative estimate of drug-likeness (QED) is 0.792. The van der Waals surface area contributed by atoms with Crippen LogP contribution in [-0.4, -0.2) is 23.0 Å². The van der Waals surface area contributed by atoms with Gasteiger partial charge in [-0.1, -0.05) is 6.92 Å². The minimum atomic E-state index is -1.02. The molecule has 17 heavy (non-hydrogen) atoms. The molecule has 0 aliphatic heterocycles. The predicted octanol–water partition coefficient (Wildman–Crippen LogP) is 1.75. The summed E-state index contributed by atoms with van der Waals surface area (Å²) in [5.41, 5.74) is 0. The molecule has 0 saturated heterocycles. The summed E-state index contributed by atoms with van der Waals surface area (Å²) < 4.78 is 5.11. The van der Waals surface area contributed by atoms with E-state index in [1.807, 2.05) is 13.8 Å². The lowest BCUT2D eigenvalue weighted by Crippen LogP contribution is -2.36. The molecule has 0 bridgehead atoms.